The molecule has 1 saturated heterocycles. The van der Waals surface area contributed by atoms with Crippen LogP contribution in [0.2, 0.25) is 0 Å². The molecule has 1 N–H and O–H groups in total. The van der Waals surface area contributed by atoms with Crippen LogP contribution in [0, 0.1) is 0 Å². The Labute approximate surface area is 213 Å². The quantitative estimate of drug-likeness (QED) is 0.176. The number of hydrogen-bond donors (Lipinski definition) is 1. The molecule has 1 amide bonds. The molecule has 0 bridgehead atoms. The number of benzene rings is 4. The number of anilines is 1. The summed E-state index contributed by atoms with van der Waals surface area (Å²) in [5, 5.41) is 13.3. The number of methoxy groups -OCH3 is 2. The summed E-state index contributed by atoms with van der Waals surface area (Å²) in [6, 6.07) is 25.3. The molecule has 0 radical (unpaired) electrons. The topological polar surface area (TPSA) is 93.1 Å². The van der Waals surface area contributed by atoms with Crippen molar-refractivity contribution in [3.63, 3.8) is 0 Å². The first kappa shape index (κ1) is 23.8. The Kier molecular flexibility index (Phi) is 6.19. The van der Waals surface area contributed by atoms with E-state index in [9.17, 15) is 19.5 Å². The molecule has 4 aromatic carbocycles. The molecule has 37 heavy (non-hydrogen) atoms. The van der Waals surface area contributed by atoms with Crippen LogP contribution >= 0.6 is 0 Å². The molecule has 0 aliphatic carbocycles. The normalized spacial score (nSPS) is 16.7. The average Bonchev–Trinajstić information content (AvgIpc) is 3.22. The first-order valence-corrected chi connectivity index (χ1v) is 11.6. The summed E-state index contributed by atoms with van der Waals surface area (Å²) in [5.74, 6) is -1.86. The molecule has 7 heteroatoms. The average molecular weight is 494 g/mol. The first-order valence-electron chi connectivity index (χ1n) is 11.6. The van der Waals surface area contributed by atoms with E-state index in [1.165, 1.54) is 31.3 Å². The minimum Gasteiger partial charge on any atom is -0.507 e. The number of esters is 1. The number of rotatable bonds is 5. The Bertz CT molecular complexity index is 1570. The number of aliphatic hydroxyl groups is 1. The zero-order valence-electron chi connectivity index (χ0n) is 20.2. The number of aliphatic hydroxyl groups excluding tert-OH is 1. The van der Waals surface area contributed by atoms with Crippen molar-refractivity contribution in [2.75, 3.05) is 19.1 Å². The second kappa shape index (κ2) is 9.62. The molecule has 1 heterocycles. The van der Waals surface area contributed by atoms with E-state index in [1.807, 2.05) is 30.3 Å². The fourth-order valence-electron chi connectivity index (χ4n) is 4.59. The summed E-state index contributed by atoms with van der Waals surface area (Å²) >= 11 is 0. The van der Waals surface area contributed by atoms with Gasteiger partial charge in [-0.05, 0) is 58.8 Å². The number of nitrogens with zero attached hydrogens (tertiary/aromatic N) is 1. The van der Waals surface area contributed by atoms with Gasteiger partial charge >= 0.3 is 5.97 Å². The van der Waals surface area contributed by atoms with Crippen molar-refractivity contribution >= 4 is 39.9 Å². The van der Waals surface area contributed by atoms with Crippen LogP contribution in [0.25, 0.3) is 16.5 Å². The van der Waals surface area contributed by atoms with Crippen LogP contribution in [0.3, 0.4) is 0 Å². The van der Waals surface area contributed by atoms with E-state index in [4.69, 9.17) is 9.47 Å². The largest absolute Gasteiger partial charge is 0.507 e. The van der Waals surface area contributed by atoms with Crippen LogP contribution < -0.4 is 9.64 Å². The summed E-state index contributed by atoms with van der Waals surface area (Å²) in [6.07, 6.45) is 0. The molecule has 0 saturated carbocycles. The Morgan fingerprint density at radius 3 is 2.22 bits per heavy atom. The number of fused-ring (bicyclic) bond motifs is 1. The molecule has 4 aromatic rings. The molecule has 5 rings (SSSR count). The van der Waals surface area contributed by atoms with E-state index in [1.54, 1.807) is 48.5 Å². The summed E-state index contributed by atoms with van der Waals surface area (Å²) in [7, 11) is 2.81. The lowest BCUT2D eigenvalue weighted by Crippen LogP contribution is -2.29. The molecule has 1 fully saturated rings. The maximum atomic E-state index is 13.4. The molecule has 1 atom stereocenters. The predicted octanol–water partition coefficient (Wildman–Crippen LogP) is 5.26. The van der Waals surface area contributed by atoms with Gasteiger partial charge in [0.25, 0.3) is 11.7 Å². The van der Waals surface area contributed by atoms with Gasteiger partial charge in [0.2, 0.25) is 0 Å². The molecular formula is C30H23NO6. The lowest BCUT2D eigenvalue weighted by atomic mass is 9.94. The fourth-order valence-corrected chi connectivity index (χ4v) is 4.59. The molecule has 0 spiro atoms. The van der Waals surface area contributed by atoms with Crippen LogP contribution in [-0.4, -0.2) is 37.0 Å². The lowest BCUT2D eigenvalue weighted by Gasteiger charge is -2.26. The highest BCUT2D eigenvalue weighted by Crippen LogP contribution is 2.43. The van der Waals surface area contributed by atoms with Gasteiger partial charge in [-0.3, -0.25) is 14.5 Å². The summed E-state index contributed by atoms with van der Waals surface area (Å²) in [5.41, 5.74) is 1.66. The molecule has 184 valence electrons. The van der Waals surface area contributed by atoms with Crippen molar-refractivity contribution in [2.45, 2.75) is 6.04 Å². The van der Waals surface area contributed by atoms with Crippen molar-refractivity contribution in [3.8, 4) is 5.75 Å². The van der Waals surface area contributed by atoms with Gasteiger partial charge in [0, 0.05) is 11.3 Å². The number of ether oxygens (including phenoxy) is 2. The molecule has 1 aliphatic heterocycles. The molecular weight excluding hydrogens is 470 g/mol. The molecule has 0 aromatic heterocycles. The summed E-state index contributed by atoms with van der Waals surface area (Å²) in [4.78, 5) is 40.0. The van der Waals surface area contributed by atoms with Gasteiger partial charge in [-0.1, -0.05) is 48.5 Å². The third kappa shape index (κ3) is 4.21. The third-order valence-corrected chi connectivity index (χ3v) is 6.44. The SMILES string of the molecule is COC(=O)c1ccc(N2C(=O)C(=O)/C(=C(\O)c3ccc4ccccc4c3)C2c2cccc(OC)c2)cc1. The van der Waals surface area contributed by atoms with Gasteiger partial charge in [-0.15, -0.1) is 0 Å². The maximum Gasteiger partial charge on any atom is 0.337 e. The van der Waals surface area contributed by atoms with E-state index in [-0.39, 0.29) is 11.3 Å². The standard InChI is InChI=1S/C30H23NO6/c1-36-24-9-5-8-21(17-24)26-25(27(32)22-11-10-18-6-3-4-7-20(18)16-22)28(33)29(34)31(26)23-14-12-19(13-15-23)30(35)37-2/h3-17,26,32H,1-2H3/b27-25-. The Hall–Kier alpha value is -4.91. The van der Waals surface area contributed by atoms with Gasteiger partial charge in [0.1, 0.15) is 11.5 Å². The van der Waals surface area contributed by atoms with Crippen LogP contribution in [0.15, 0.2) is 96.6 Å². The smallest absolute Gasteiger partial charge is 0.337 e. The van der Waals surface area contributed by atoms with Crippen LogP contribution in [-0.2, 0) is 14.3 Å². The number of ketones is 1. The second-order valence-corrected chi connectivity index (χ2v) is 8.55. The molecule has 1 aliphatic rings. The molecule has 7 nitrogen and oxygen atoms in total. The maximum absolute atomic E-state index is 13.4. The van der Waals surface area contributed by atoms with Crippen molar-refractivity contribution in [2.24, 2.45) is 0 Å². The highest BCUT2D eigenvalue weighted by Gasteiger charge is 2.47. The van der Waals surface area contributed by atoms with Crippen molar-refractivity contribution in [1.82, 2.24) is 0 Å². The van der Waals surface area contributed by atoms with Gasteiger partial charge in [-0.2, -0.15) is 0 Å². The van der Waals surface area contributed by atoms with E-state index in [0.29, 0.717) is 28.1 Å². The van der Waals surface area contributed by atoms with Crippen molar-refractivity contribution in [3.05, 3.63) is 113 Å². The van der Waals surface area contributed by atoms with Crippen LogP contribution in [0.4, 0.5) is 5.69 Å². The highest BCUT2D eigenvalue weighted by molar-refractivity contribution is 6.51. The summed E-state index contributed by atoms with van der Waals surface area (Å²) in [6.45, 7) is 0. The van der Waals surface area contributed by atoms with Gasteiger partial charge in [0.05, 0.1) is 31.4 Å². The number of amides is 1. The number of hydrogen-bond acceptors (Lipinski definition) is 6. The highest BCUT2D eigenvalue weighted by atomic mass is 16.5. The van der Waals surface area contributed by atoms with Gasteiger partial charge in [0.15, 0.2) is 0 Å². The third-order valence-electron chi connectivity index (χ3n) is 6.44. The number of carbonyl (C=O) groups excluding carboxylic acids is 3. The second-order valence-electron chi connectivity index (χ2n) is 8.55. The van der Waals surface area contributed by atoms with Crippen molar-refractivity contribution in [1.29, 1.82) is 0 Å². The number of carbonyl (C=O) groups is 3. The van der Waals surface area contributed by atoms with Gasteiger partial charge in [-0.25, -0.2) is 4.79 Å². The molecule has 1 unspecified atom stereocenters. The van der Waals surface area contributed by atoms with Crippen molar-refractivity contribution < 1.29 is 29.0 Å². The van der Waals surface area contributed by atoms with E-state index in [2.05, 4.69) is 0 Å². The Balaban J connectivity index is 1.69. The Morgan fingerprint density at radius 1 is 0.811 bits per heavy atom. The predicted molar refractivity (Wildman–Crippen MR) is 140 cm³/mol. The van der Waals surface area contributed by atoms with Crippen LogP contribution in [0.1, 0.15) is 27.5 Å². The zero-order chi connectivity index (χ0) is 26.1. The summed E-state index contributed by atoms with van der Waals surface area (Å²) < 4.78 is 10.1. The first-order chi connectivity index (χ1) is 17.9. The lowest BCUT2D eigenvalue weighted by molar-refractivity contribution is -0.132. The van der Waals surface area contributed by atoms with Crippen LogP contribution in [0.5, 0.6) is 5.75 Å². The Morgan fingerprint density at radius 2 is 1.51 bits per heavy atom. The monoisotopic (exact) mass is 493 g/mol. The zero-order valence-corrected chi connectivity index (χ0v) is 20.2. The van der Waals surface area contributed by atoms with E-state index in [0.717, 1.165) is 10.8 Å². The number of Topliss-reactive ketones (excluding diaryl/α,β-unsaturated/α-hetero) is 1. The van der Waals surface area contributed by atoms with E-state index >= 15 is 0 Å². The minimum atomic E-state index is -0.925. The van der Waals surface area contributed by atoms with Gasteiger partial charge < -0.3 is 14.6 Å². The fraction of sp³-hybridized carbons (Fsp3) is 0.100. The van der Waals surface area contributed by atoms with E-state index < -0.39 is 23.7 Å². The minimum absolute atomic E-state index is 0.0365.